The maximum absolute atomic E-state index is 13.3. The quantitative estimate of drug-likeness (QED) is 0.868. The minimum atomic E-state index is -1.18. The van der Waals surface area contributed by atoms with Gasteiger partial charge in [-0.3, -0.25) is 9.59 Å². The molecule has 1 aliphatic heterocycles. The Morgan fingerprint density at radius 1 is 1.52 bits per heavy atom. The van der Waals surface area contributed by atoms with Crippen molar-refractivity contribution in [2.24, 2.45) is 5.41 Å². The second-order valence-corrected chi connectivity index (χ2v) is 5.11. The Bertz CT molecular complexity index is 576. The summed E-state index contributed by atoms with van der Waals surface area (Å²) in [5.41, 5.74) is -0.993. The van der Waals surface area contributed by atoms with E-state index in [2.05, 4.69) is 5.32 Å². The summed E-state index contributed by atoms with van der Waals surface area (Å²) in [5, 5.41) is 11.9. The molecule has 1 aromatic rings. The Kier molecular flexibility index (Phi) is 4.13. The van der Waals surface area contributed by atoms with Gasteiger partial charge in [0, 0.05) is 5.56 Å². The van der Waals surface area contributed by atoms with E-state index in [1.807, 2.05) is 0 Å². The summed E-state index contributed by atoms with van der Waals surface area (Å²) in [5.74, 6) is -2.17. The molecule has 0 bridgehead atoms. The van der Waals surface area contributed by atoms with Crippen molar-refractivity contribution in [2.75, 3.05) is 20.3 Å². The zero-order chi connectivity index (χ0) is 15.6. The average Bonchev–Trinajstić information content (AvgIpc) is 2.82. The van der Waals surface area contributed by atoms with Crippen LogP contribution >= 0.6 is 0 Å². The fraction of sp³-hybridized carbons (Fsp3) is 0.429. The third-order valence-corrected chi connectivity index (χ3v) is 3.66. The van der Waals surface area contributed by atoms with Gasteiger partial charge in [-0.05, 0) is 25.1 Å². The first-order valence-corrected chi connectivity index (χ1v) is 6.34. The lowest BCUT2D eigenvalue weighted by atomic mass is 9.85. The molecule has 0 radical (unpaired) electrons. The first-order valence-electron chi connectivity index (χ1n) is 6.34. The molecule has 0 aromatic heterocycles. The Morgan fingerprint density at radius 2 is 2.24 bits per heavy atom. The maximum Gasteiger partial charge on any atom is 0.313 e. The third kappa shape index (κ3) is 2.82. The van der Waals surface area contributed by atoms with Crippen molar-refractivity contribution in [1.29, 1.82) is 0 Å². The molecule has 2 N–H and O–H groups in total. The molecule has 6 nitrogen and oxygen atoms in total. The number of rotatable bonds is 4. The predicted octanol–water partition coefficient (Wildman–Crippen LogP) is 1.05. The summed E-state index contributed by atoms with van der Waals surface area (Å²) in [4.78, 5) is 23.4. The van der Waals surface area contributed by atoms with E-state index < -0.39 is 29.2 Å². The highest BCUT2D eigenvalue weighted by atomic mass is 19.1. The fourth-order valence-electron chi connectivity index (χ4n) is 2.13. The number of halogens is 1. The number of carboxylic acid groups (broad SMARTS) is 1. The molecule has 114 valence electrons. The average molecular weight is 297 g/mol. The third-order valence-electron chi connectivity index (χ3n) is 3.66. The molecule has 1 heterocycles. The SMILES string of the molecule is COc1cc(C(=O)NC2COCC2(C)C(=O)O)ccc1F. The lowest BCUT2D eigenvalue weighted by Crippen LogP contribution is -2.49. The summed E-state index contributed by atoms with van der Waals surface area (Å²) in [7, 11) is 1.30. The first-order chi connectivity index (χ1) is 9.88. The summed E-state index contributed by atoms with van der Waals surface area (Å²) in [6.45, 7) is 1.66. The molecule has 1 amide bonds. The van der Waals surface area contributed by atoms with Gasteiger partial charge in [0.25, 0.3) is 5.91 Å². The number of carboxylic acids is 1. The summed E-state index contributed by atoms with van der Waals surface area (Å²) < 4.78 is 23.3. The van der Waals surface area contributed by atoms with Crippen molar-refractivity contribution in [3.8, 4) is 5.75 Å². The smallest absolute Gasteiger partial charge is 0.313 e. The zero-order valence-corrected chi connectivity index (χ0v) is 11.7. The minimum Gasteiger partial charge on any atom is -0.494 e. The van der Waals surface area contributed by atoms with Crippen LogP contribution in [0.15, 0.2) is 18.2 Å². The van der Waals surface area contributed by atoms with Gasteiger partial charge in [0.05, 0.1) is 26.4 Å². The standard InChI is InChI=1S/C14H16FNO5/c1-14(13(18)19)7-21-6-11(14)16-12(17)8-3-4-9(15)10(5-8)20-2/h3-5,11H,6-7H2,1-2H3,(H,16,17)(H,18,19). The number of carbonyl (C=O) groups is 2. The van der Waals surface area contributed by atoms with Gasteiger partial charge in [0.2, 0.25) is 0 Å². The van der Waals surface area contributed by atoms with Gasteiger partial charge >= 0.3 is 5.97 Å². The lowest BCUT2D eigenvalue weighted by molar-refractivity contribution is -0.148. The summed E-state index contributed by atoms with van der Waals surface area (Å²) >= 11 is 0. The number of benzene rings is 1. The highest BCUT2D eigenvalue weighted by Gasteiger charge is 2.47. The molecule has 1 fully saturated rings. The number of carbonyl (C=O) groups excluding carboxylic acids is 1. The minimum absolute atomic E-state index is 0.0278. The molecule has 0 spiro atoms. The predicted molar refractivity (Wildman–Crippen MR) is 70.8 cm³/mol. The van der Waals surface area contributed by atoms with Crippen LogP contribution in [0.4, 0.5) is 4.39 Å². The van der Waals surface area contributed by atoms with Gasteiger partial charge in [-0.15, -0.1) is 0 Å². The molecule has 1 saturated heterocycles. The van der Waals surface area contributed by atoms with Crippen LogP contribution in [0, 0.1) is 11.2 Å². The van der Waals surface area contributed by atoms with Gasteiger partial charge in [0.1, 0.15) is 5.41 Å². The molecule has 2 unspecified atom stereocenters. The van der Waals surface area contributed by atoms with Gasteiger partial charge in [-0.2, -0.15) is 0 Å². The Labute approximate surface area is 120 Å². The van der Waals surface area contributed by atoms with Crippen LogP contribution in [0.25, 0.3) is 0 Å². The highest BCUT2D eigenvalue weighted by Crippen LogP contribution is 2.29. The Morgan fingerprint density at radius 3 is 2.86 bits per heavy atom. The van der Waals surface area contributed by atoms with Gasteiger partial charge in [-0.25, -0.2) is 4.39 Å². The van der Waals surface area contributed by atoms with Crippen LogP contribution in [0.3, 0.4) is 0 Å². The van der Waals surface area contributed by atoms with Crippen LogP contribution in [0.1, 0.15) is 17.3 Å². The lowest BCUT2D eigenvalue weighted by Gasteiger charge is -2.25. The topological polar surface area (TPSA) is 84.9 Å². The number of hydrogen-bond donors (Lipinski definition) is 2. The Balaban J connectivity index is 2.16. The fourth-order valence-corrected chi connectivity index (χ4v) is 2.13. The molecule has 21 heavy (non-hydrogen) atoms. The molecule has 1 aromatic carbocycles. The normalized spacial score (nSPS) is 24.6. The van der Waals surface area contributed by atoms with E-state index in [1.54, 1.807) is 0 Å². The van der Waals surface area contributed by atoms with Crippen molar-refractivity contribution in [3.63, 3.8) is 0 Å². The zero-order valence-electron chi connectivity index (χ0n) is 11.7. The number of amides is 1. The maximum atomic E-state index is 13.3. The number of methoxy groups -OCH3 is 1. The van der Waals surface area contributed by atoms with Crippen LogP contribution in [0.5, 0.6) is 5.75 Å². The van der Waals surface area contributed by atoms with Crippen LogP contribution < -0.4 is 10.1 Å². The van der Waals surface area contributed by atoms with E-state index in [4.69, 9.17) is 9.47 Å². The van der Waals surface area contributed by atoms with Gasteiger partial charge in [0.15, 0.2) is 11.6 Å². The number of ether oxygens (including phenoxy) is 2. The molecule has 0 saturated carbocycles. The molecule has 2 rings (SSSR count). The molecule has 2 atom stereocenters. The molecular formula is C14H16FNO5. The van der Waals surface area contributed by atoms with Crippen molar-refractivity contribution in [3.05, 3.63) is 29.6 Å². The van der Waals surface area contributed by atoms with Crippen LogP contribution in [-0.2, 0) is 9.53 Å². The number of aliphatic carboxylic acids is 1. The van der Waals surface area contributed by atoms with E-state index in [-0.39, 0.29) is 24.5 Å². The molecular weight excluding hydrogens is 281 g/mol. The second-order valence-electron chi connectivity index (χ2n) is 5.11. The second kappa shape index (κ2) is 5.69. The van der Waals surface area contributed by atoms with Crippen molar-refractivity contribution in [1.82, 2.24) is 5.32 Å². The summed E-state index contributed by atoms with van der Waals surface area (Å²) in [6.07, 6.45) is 0. The van der Waals surface area contributed by atoms with E-state index >= 15 is 0 Å². The van der Waals surface area contributed by atoms with E-state index in [1.165, 1.54) is 26.2 Å². The number of nitrogens with one attached hydrogen (secondary N) is 1. The van der Waals surface area contributed by atoms with Gasteiger partial charge in [-0.1, -0.05) is 0 Å². The number of hydrogen-bond acceptors (Lipinski definition) is 4. The monoisotopic (exact) mass is 297 g/mol. The summed E-state index contributed by atoms with van der Waals surface area (Å²) in [6, 6.07) is 3.04. The van der Waals surface area contributed by atoms with E-state index in [9.17, 15) is 19.1 Å². The molecule has 1 aliphatic rings. The highest BCUT2D eigenvalue weighted by molar-refractivity contribution is 5.95. The molecule has 7 heteroatoms. The van der Waals surface area contributed by atoms with Gasteiger partial charge < -0.3 is 19.9 Å². The Hall–Kier alpha value is -2.15. The van der Waals surface area contributed by atoms with Crippen molar-refractivity contribution < 1.29 is 28.6 Å². The van der Waals surface area contributed by atoms with Crippen molar-refractivity contribution in [2.45, 2.75) is 13.0 Å². The van der Waals surface area contributed by atoms with Crippen molar-refractivity contribution >= 4 is 11.9 Å². The van der Waals surface area contributed by atoms with Crippen LogP contribution in [0.2, 0.25) is 0 Å². The molecule has 0 aliphatic carbocycles. The van der Waals surface area contributed by atoms with E-state index in [0.717, 1.165) is 6.07 Å². The van der Waals surface area contributed by atoms with Crippen LogP contribution in [-0.4, -0.2) is 43.3 Å². The largest absolute Gasteiger partial charge is 0.494 e. The first kappa shape index (κ1) is 15.2. The van der Waals surface area contributed by atoms with E-state index in [0.29, 0.717) is 0 Å².